The molecule has 3 aliphatic rings. The van der Waals surface area contributed by atoms with Crippen LogP contribution in [-0.2, 0) is 16.5 Å². The van der Waals surface area contributed by atoms with Crippen molar-refractivity contribution in [3.8, 4) is 23.1 Å². The summed E-state index contributed by atoms with van der Waals surface area (Å²) in [6.45, 7) is 1.61. The smallest absolute Gasteiger partial charge is 0.382 e. The number of piperidine rings is 1. The summed E-state index contributed by atoms with van der Waals surface area (Å²) in [4.78, 5) is 40.6. The molecule has 4 aromatic rings. The van der Waals surface area contributed by atoms with E-state index in [2.05, 4.69) is 27.1 Å². The minimum Gasteiger partial charge on any atom is -0.382 e. The molecule has 3 N–H and O–H groups in total. The second-order valence-electron chi connectivity index (χ2n) is 11.0. The zero-order valence-electron chi connectivity index (χ0n) is 22.7. The van der Waals surface area contributed by atoms with E-state index in [0.717, 1.165) is 37.6 Å². The van der Waals surface area contributed by atoms with Crippen molar-refractivity contribution < 1.29 is 27.2 Å². The first kappa shape index (κ1) is 26.9. The zero-order chi connectivity index (χ0) is 30.3. The van der Waals surface area contributed by atoms with E-state index < -0.39 is 29.0 Å². The van der Waals surface area contributed by atoms with Gasteiger partial charge in [0.2, 0.25) is 0 Å². The number of hydrogen-bond acceptors (Lipinski definition) is 6. The summed E-state index contributed by atoms with van der Waals surface area (Å²) in [5.74, 6) is 4.09. The number of nitrogens with one attached hydrogen (secondary N) is 1. The van der Waals surface area contributed by atoms with Crippen molar-refractivity contribution in [2.75, 3.05) is 11.1 Å². The SMILES string of the molecule is CC#CC(=O)N1C2(c3nc(-c4ccc(C(=O)Nc5cc(C(F)(F)F)ccn5)cc4F)c4c(N)nccn34)CCC3CCC312. The van der Waals surface area contributed by atoms with E-state index >= 15 is 4.39 Å². The summed E-state index contributed by atoms with van der Waals surface area (Å²) in [5.41, 5.74) is 4.66. The van der Waals surface area contributed by atoms with Gasteiger partial charge in [-0.25, -0.2) is 19.3 Å². The number of alkyl halides is 3. The lowest BCUT2D eigenvalue weighted by molar-refractivity contribution is -0.137. The highest BCUT2D eigenvalue weighted by Gasteiger charge is 2.87. The van der Waals surface area contributed by atoms with Crippen molar-refractivity contribution in [3.05, 3.63) is 71.7 Å². The van der Waals surface area contributed by atoms with E-state index in [4.69, 9.17) is 10.7 Å². The van der Waals surface area contributed by atoms with Gasteiger partial charge in [0.15, 0.2) is 0 Å². The Morgan fingerprint density at radius 3 is 2.60 bits per heavy atom. The number of rotatable bonds is 4. The lowest BCUT2D eigenvalue weighted by Crippen LogP contribution is -2.39. The highest BCUT2D eigenvalue weighted by atomic mass is 19.4. The number of amides is 2. The molecule has 2 amide bonds. The fraction of sp³-hybridized carbons (Fsp3) is 0.300. The van der Waals surface area contributed by atoms with Gasteiger partial charge in [-0.2, -0.15) is 13.2 Å². The van der Waals surface area contributed by atoms with Crippen molar-refractivity contribution in [3.63, 3.8) is 0 Å². The first-order chi connectivity index (χ1) is 20.5. The molecular formula is C30H23F4N7O2. The number of aromatic nitrogens is 4. The number of anilines is 2. The molecule has 3 unspecified atom stereocenters. The predicted molar refractivity (Wildman–Crippen MR) is 147 cm³/mol. The van der Waals surface area contributed by atoms with Crippen molar-refractivity contribution >= 4 is 29.0 Å². The van der Waals surface area contributed by atoms with E-state index in [0.29, 0.717) is 29.7 Å². The molecule has 218 valence electrons. The van der Waals surface area contributed by atoms with Crippen molar-refractivity contribution in [1.29, 1.82) is 0 Å². The number of benzene rings is 1. The van der Waals surface area contributed by atoms with Gasteiger partial charge in [0.25, 0.3) is 11.8 Å². The van der Waals surface area contributed by atoms with Gasteiger partial charge in [-0.05, 0) is 74.8 Å². The summed E-state index contributed by atoms with van der Waals surface area (Å²) in [7, 11) is 0. The molecule has 1 spiro atoms. The van der Waals surface area contributed by atoms with Crippen LogP contribution in [0.2, 0.25) is 0 Å². The molecule has 3 fully saturated rings. The average molecular weight is 590 g/mol. The zero-order valence-corrected chi connectivity index (χ0v) is 22.7. The average Bonchev–Trinajstić information content (AvgIpc) is 3.31. The molecule has 0 radical (unpaired) electrons. The van der Waals surface area contributed by atoms with Crippen LogP contribution in [0, 0.1) is 23.6 Å². The molecule has 4 heterocycles. The van der Waals surface area contributed by atoms with Crippen LogP contribution in [0.4, 0.5) is 29.2 Å². The fourth-order valence-electron chi connectivity index (χ4n) is 7.21. The van der Waals surface area contributed by atoms with Gasteiger partial charge >= 0.3 is 6.18 Å². The molecule has 1 aromatic carbocycles. The number of likely N-dealkylation sites (tertiary alicyclic amines) is 1. The highest BCUT2D eigenvalue weighted by molar-refractivity contribution is 6.04. The lowest BCUT2D eigenvalue weighted by Gasteiger charge is -2.34. The Hall–Kier alpha value is -4.99. The van der Waals surface area contributed by atoms with Crippen LogP contribution in [0.15, 0.2) is 48.9 Å². The van der Waals surface area contributed by atoms with Gasteiger partial charge in [0.05, 0.1) is 11.1 Å². The Balaban J connectivity index is 1.27. The minimum absolute atomic E-state index is 0.0395. The maximum absolute atomic E-state index is 15.7. The van der Waals surface area contributed by atoms with Gasteiger partial charge in [-0.1, -0.05) is 5.92 Å². The molecule has 2 aliphatic carbocycles. The Morgan fingerprint density at radius 2 is 1.91 bits per heavy atom. The maximum Gasteiger partial charge on any atom is 0.416 e. The first-order valence-electron chi connectivity index (χ1n) is 13.6. The Morgan fingerprint density at radius 1 is 1.12 bits per heavy atom. The van der Waals surface area contributed by atoms with Gasteiger partial charge in [0.1, 0.15) is 40.0 Å². The van der Waals surface area contributed by atoms with Gasteiger partial charge in [-0.3, -0.25) is 14.0 Å². The van der Waals surface area contributed by atoms with Crippen LogP contribution >= 0.6 is 0 Å². The Kier molecular flexibility index (Phi) is 5.63. The molecule has 9 nitrogen and oxygen atoms in total. The normalized spacial score (nSPS) is 23.6. The molecule has 1 aliphatic heterocycles. The molecule has 2 saturated carbocycles. The maximum atomic E-state index is 15.7. The van der Waals surface area contributed by atoms with Crippen LogP contribution < -0.4 is 11.1 Å². The number of imidazole rings is 1. The van der Waals surface area contributed by atoms with Gasteiger partial charge in [-0.15, -0.1) is 0 Å². The number of carbonyl (C=O) groups is 2. The van der Waals surface area contributed by atoms with Crippen LogP contribution in [0.25, 0.3) is 16.8 Å². The molecule has 0 bridgehead atoms. The summed E-state index contributed by atoms with van der Waals surface area (Å²) in [6.07, 6.45) is 2.92. The largest absolute Gasteiger partial charge is 0.416 e. The number of nitrogen functional groups attached to an aromatic ring is 1. The third-order valence-electron chi connectivity index (χ3n) is 9.05. The summed E-state index contributed by atoms with van der Waals surface area (Å²) in [6, 6.07) is 5.13. The number of pyridine rings is 1. The van der Waals surface area contributed by atoms with E-state index in [9.17, 15) is 22.8 Å². The topological polar surface area (TPSA) is 118 Å². The second-order valence-corrected chi connectivity index (χ2v) is 11.0. The molecular weight excluding hydrogens is 566 g/mol. The minimum atomic E-state index is -4.62. The number of halogens is 4. The number of nitrogens with two attached hydrogens (primary N) is 1. The van der Waals surface area contributed by atoms with Crippen molar-refractivity contribution in [2.45, 2.75) is 49.9 Å². The van der Waals surface area contributed by atoms with Crippen LogP contribution in [0.5, 0.6) is 0 Å². The number of carbonyl (C=O) groups excluding carboxylic acids is 2. The van der Waals surface area contributed by atoms with E-state index in [1.54, 1.807) is 17.5 Å². The predicted octanol–water partition coefficient (Wildman–Crippen LogP) is 4.79. The summed E-state index contributed by atoms with van der Waals surface area (Å²) < 4.78 is 56.6. The summed E-state index contributed by atoms with van der Waals surface area (Å²) >= 11 is 0. The molecule has 43 heavy (non-hydrogen) atoms. The molecule has 1 saturated heterocycles. The Bertz CT molecular complexity index is 1930. The lowest BCUT2D eigenvalue weighted by atomic mass is 9.71. The van der Waals surface area contributed by atoms with Crippen LogP contribution in [0.3, 0.4) is 0 Å². The Labute approximate surface area is 242 Å². The summed E-state index contributed by atoms with van der Waals surface area (Å²) in [5, 5.41) is 2.27. The number of nitrogens with zero attached hydrogens (tertiary/aromatic N) is 5. The first-order valence-corrected chi connectivity index (χ1v) is 13.6. The molecule has 13 heteroatoms. The third-order valence-corrected chi connectivity index (χ3v) is 9.05. The van der Waals surface area contributed by atoms with Gasteiger partial charge < -0.3 is 16.0 Å². The van der Waals surface area contributed by atoms with Crippen molar-refractivity contribution in [2.24, 2.45) is 5.92 Å². The second kappa shape index (κ2) is 9.00. The van der Waals surface area contributed by atoms with Crippen molar-refractivity contribution in [1.82, 2.24) is 24.3 Å². The molecule has 3 atom stereocenters. The standard InChI is InChI=1S/C30H23F4N7O2/c1-2-3-22(42)41-28-9-6-17(28)7-10-29(28,41)27-39-23(24-25(35)37-12-13-40(24)27)19-5-4-16(14-20(19)31)26(43)38-21-15-18(8-11-36-21)30(32,33)34/h4-5,8,11-15,17H,6-7,9-10H2,1H3,(H2,35,37)(H,36,38,43). The molecule has 7 rings (SSSR count). The highest BCUT2D eigenvalue weighted by Crippen LogP contribution is 2.77. The quantitative estimate of drug-likeness (QED) is 0.201. The van der Waals surface area contributed by atoms with Crippen LogP contribution in [-0.4, -0.2) is 41.6 Å². The number of fused-ring (bicyclic) bond motifs is 1. The fourth-order valence-corrected chi connectivity index (χ4v) is 7.21. The number of hydrogen-bond donors (Lipinski definition) is 2. The third kappa shape index (κ3) is 3.62. The van der Waals surface area contributed by atoms with E-state index in [1.807, 2.05) is 4.90 Å². The van der Waals surface area contributed by atoms with E-state index in [-0.39, 0.29) is 39.9 Å². The van der Waals surface area contributed by atoms with Crippen LogP contribution in [0.1, 0.15) is 54.4 Å². The molecule has 3 aromatic heterocycles. The van der Waals surface area contributed by atoms with Gasteiger partial charge in [0, 0.05) is 29.7 Å². The van der Waals surface area contributed by atoms with E-state index in [1.165, 1.54) is 18.3 Å². The monoisotopic (exact) mass is 589 g/mol.